The van der Waals surface area contributed by atoms with Crippen LogP contribution < -0.4 is 10.2 Å². The standard InChI is InChI=1S/C20H25N7O2S.2H2/c1-12-5-7-27(19(28)24-20-9-13(20)8-16(29-3)25-30-20)10-15(12)26(2)18-14-4-6-21-17(14)22-11-23-18;;/h4,6,8,11-12,15H,5,7,9-10H2,1-3H3,(H,24,28)(H,21,22,23);2*1H/t12-,15+,20?;;/m1../s1. The number of nitrogens with zero attached hydrogens (tertiary/aromatic N) is 5. The lowest BCUT2D eigenvalue weighted by molar-refractivity contribution is 0.160. The predicted octanol–water partition coefficient (Wildman–Crippen LogP) is 3.04. The van der Waals surface area contributed by atoms with Gasteiger partial charge in [-0.15, -0.1) is 0 Å². The summed E-state index contributed by atoms with van der Waals surface area (Å²) in [4.78, 5) is 28.7. The summed E-state index contributed by atoms with van der Waals surface area (Å²) in [6.07, 6.45) is 7.12. The van der Waals surface area contributed by atoms with Gasteiger partial charge in [-0.05, 0) is 24.0 Å². The number of likely N-dealkylation sites (N-methyl/N-ethyl adjacent to an activating group) is 1. The van der Waals surface area contributed by atoms with Crippen LogP contribution in [0.25, 0.3) is 11.0 Å². The molecular formula is C20H29N7O2S. The zero-order chi connectivity index (χ0) is 20.9. The summed E-state index contributed by atoms with van der Waals surface area (Å²) in [5, 5.41) is 4.18. The molecule has 0 aromatic carbocycles. The molecule has 1 unspecified atom stereocenters. The van der Waals surface area contributed by atoms with E-state index in [1.54, 1.807) is 13.4 Å². The summed E-state index contributed by atoms with van der Waals surface area (Å²) in [6, 6.07) is 2.12. The largest absolute Gasteiger partial charge is 0.481 e. The molecule has 9 nitrogen and oxygen atoms in total. The van der Waals surface area contributed by atoms with Crippen molar-refractivity contribution < 1.29 is 12.4 Å². The van der Waals surface area contributed by atoms with Gasteiger partial charge in [0.2, 0.25) is 5.90 Å². The maximum absolute atomic E-state index is 13.1. The van der Waals surface area contributed by atoms with Crippen LogP contribution in [-0.2, 0) is 4.74 Å². The fourth-order valence-corrected chi connectivity index (χ4v) is 5.21. The van der Waals surface area contributed by atoms with Gasteiger partial charge < -0.3 is 24.8 Å². The number of aromatic nitrogens is 3. The molecule has 30 heavy (non-hydrogen) atoms. The SMILES string of the molecule is COC1=NSC2(NC(=O)N3CC[C@@H](C)[C@@H](N(C)c4ncnc5[nH]ccc45)C3)CC2=C1.[HH].[HH]. The van der Waals surface area contributed by atoms with Crippen molar-refractivity contribution in [3.63, 3.8) is 0 Å². The average Bonchev–Trinajstić information content (AvgIpc) is 3.24. The van der Waals surface area contributed by atoms with E-state index in [4.69, 9.17) is 4.74 Å². The Hall–Kier alpha value is -2.75. The monoisotopic (exact) mass is 431 g/mol. The molecule has 2 amide bonds. The molecule has 0 spiro atoms. The van der Waals surface area contributed by atoms with Crippen molar-refractivity contribution in [3.05, 3.63) is 30.2 Å². The average molecular weight is 432 g/mol. The zero-order valence-corrected chi connectivity index (χ0v) is 18.1. The lowest BCUT2D eigenvalue weighted by Gasteiger charge is -2.42. The van der Waals surface area contributed by atoms with E-state index < -0.39 is 4.87 Å². The number of fused-ring (bicyclic) bond motifs is 2. The quantitative estimate of drug-likeness (QED) is 0.725. The van der Waals surface area contributed by atoms with Crippen molar-refractivity contribution in [2.45, 2.75) is 30.7 Å². The number of H-pyrrole nitrogens is 1. The van der Waals surface area contributed by atoms with Crippen LogP contribution in [-0.4, -0.2) is 69.9 Å². The highest BCUT2D eigenvalue weighted by Crippen LogP contribution is 2.54. The maximum Gasteiger partial charge on any atom is 0.318 e. The van der Waals surface area contributed by atoms with Crippen LogP contribution in [0.15, 0.2) is 34.6 Å². The number of piperidine rings is 1. The Kier molecular flexibility index (Phi) is 4.61. The molecule has 2 aliphatic heterocycles. The molecule has 2 aromatic heterocycles. The van der Waals surface area contributed by atoms with Crippen molar-refractivity contribution >= 4 is 40.7 Å². The first-order chi connectivity index (χ1) is 14.5. The second kappa shape index (κ2) is 7.19. The number of likely N-dealkylation sites (tertiary alicyclic amines) is 1. The Bertz CT molecular complexity index is 1060. The van der Waals surface area contributed by atoms with E-state index in [-0.39, 0.29) is 14.9 Å². The van der Waals surface area contributed by atoms with E-state index in [0.29, 0.717) is 18.4 Å². The predicted molar refractivity (Wildman–Crippen MR) is 122 cm³/mol. The first kappa shape index (κ1) is 19.2. The van der Waals surface area contributed by atoms with Gasteiger partial charge in [0, 0.05) is 53.6 Å². The van der Waals surface area contributed by atoms with Gasteiger partial charge in [0.25, 0.3) is 0 Å². The van der Waals surface area contributed by atoms with Gasteiger partial charge in [-0.2, -0.15) is 4.40 Å². The molecule has 1 saturated carbocycles. The van der Waals surface area contributed by atoms with Crippen LogP contribution >= 0.6 is 11.9 Å². The number of amides is 2. The topological polar surface area (TPSA) is 98.7 Å². The first-order valence-corrected chi connectivity index (χ1v) is 10.9. The van der Waals surface area contributed by atoms with E-state index in [1.165, 1.54) is 11.9 Å². The number of hydrogen-bond donors (Lipinski definition) is 2. The number of urea groups is 1. The normalized spacial score (nSPS) is 27.8. The minimum atomic E-state index is -0.395. The lowest BCUT2D eigenvalue weighted by Crippen LogP contribution is -2.56. The van der Waals surface area contributed by atoms with Gasteiger partial charge >= 0.3 is 6.03 Å². The number of carbonyl (C=O) groups is 1. The highest BCUT2D eigenvalue weighted by molar-refractivity contribution is 8.00. The number of ether oxygens (including phenoxy) is 1. The summed E-state index contributed by atoms with van der Waals surface area (Å²) in [6.45, 7) is 3.63. The first-order valence-electron chi connectivity index (χ1n) is 10.1. The van der Waals surface area contributed by atoms with Gasteiger partial charge in [0.15, 0.2) is 0 Å². The molecule has 2 aromatic rings. The Balaban J connectivity index is 0.00000144. The molecule has 3 atom stereocenters. The van der Waals surface area contributed by atoms with Gasteiger partial charge in [0.05, 0.1) is 18.5 Å². The minimum absolute atomic E-state index is 0. The molecule has 2 fully saturated rings. The number of hydrogen-bond acceptors (Lipinski definition) is 7. The molecular weight excluding hydrogens is 402 g/mol. The number of carbonyl (C=O) groups excluding carboxylic acids is 1. The fraction of sp³-hybridized carbons (Fsp3) is 0.500. The molecule has 2 N–H and O–H groups in total. The van der Waals surface area contributed by atoms with E-state index in [1.807, 2.05) is 23.2 Å². The number of nitrogens with one attached hydrogen (secondary N) is 2. The van der Waals surface area contributed by atoms with Crippen LogP contribution in [0.4, 0.5) is 10.6 Å². The van der Waals surface area contributed by atoms with Crippen LogP contribution in [0, 0.1) is 5.92 Å². The summed E-state index contributed by atoms with van der Waals surface area (Å²) in [7, 11) is 3.66. The summed E-state index contributed by atoms with van der Waals surface area (Å²) < 4.78 is 9.52. The fourth-order valence-electron chi connectivity index (χ4n) is 4.31. The molecule has 3 aliphatic rings. The number of anilines is 1. The van der Waals surface area contributed by atoms with Crippen molar-refractivity contribution in [1.82, 2.24) is 25.2 Å². The van der Waals surface area contributed by atoms with E-state index >= 15 is 0 Å². The third-order valence-corrected chi connectivity index (χ3v) is 7.40. The van der Waals surface area contributed by atoms with Gasteiger partial charge in [-0.1, -0.05) is 6.92 Å². The molecule has 0 bridgehead atoms. The van der Waals surface area contributed by atoms with Crippen LogP contribution in [0.3, 0.4) is 0 Å². The van der Waals surface area contributed by atoms with E-state index in [2.05, 4.69) is 43.5 Å². The lowest BCUT2D eigenvalue weighted by atomic mass is 9.92. The summed E-state index contributed by atoms with van der Waals surface area (Å²) in [5.74, 6) is 1.93. The maximum atomic E-state index is 13.1. The number of rotatable bonds is 3. The Morgan fingerprint density at radius 3 is 3.17 bits per heavy atom. The van der Waals surface area contributed by atoms with Crippen molar-refractivity contribution in [2.24, 2.45) is 10.3 Å². The van der Waals surface area contributed by atoms with Crippen molar-refractivity contribution in [2.75, 3.05) is 32.1 Å². The summed E-state index contributed by atoms with van der Waals surface area (Å²) >= 11 is 1.38. The highest BCUT2D eigenvalue weighted by Gasteiger charge is 2.54. The van der Waals surface area contributed by atoms with Crippen LogP contribution in [0.5, 0.6) is 0 Å². The molecule has 4 heterocycles. The Morgan fingerprint density at radius 2 is 2.37 bits per heavy atom. The van der Waals surface area contributed by atoms with E-state index in [9.17, 15) is 4.79 Å². The molecule has 1 saturated heterocycles. The third kappa shape index (κ3) is 3.19. The minimum Gasteiger partial charge on any atom is -0.481 e. The van der Waals surface area contributed by atoms with Gasteiger partial charge in [-0.25, -0.2) is 14.8 Å². The van der Waals surface area contributed by atoms with Crippen molar-refractivity contribution in [1.29, 1.82) is 0 Å². The van der Waals surface area contributed by atoms with Crippen molar-refractivity contribution in [3.8, 4) is 0 Å². The molecule has 1 aliphatic carbocycles. The Morgan fingerprint density at radius 1 is 1.50 bits per heavy atom. The molecule has 162 valence electrons. The highest BCUT2D eigenvalue weighted by atomic mass is 32.2. The third-order valence-electron chi connectivity index (χ3n) is 6.31. The number of methoxy groups -OCH3 is 1. The Labute approximate surface area is 182 Å². The molecule has 0 radical (unpaired) electrons. The second-order valence-electron chi connectivity index (χ2n) is 8.16. The summed E-state index contributed by atoms with van der Waals surface area (Å²) in [5.41, 5.74) is 1.98. The van der Waals surface area contributed by atoms with Gasteiger partial charge in [0.1, 0.15) is 22.7 Å². The van der Waals surface area contributed by atoms with E-state index in [0.717, 1.165) is 41.8 Å². The van der Waals surface area contributed by atoms with Gasteiger partial charge in [-0.3, -0.25) is 0 Å². The molecule has 5 rings (SSSR count). The smallest absolute Gasteiger partial charge is 0.318 e. The number of aromatic amines is 1. The molecule has 10 heteroatoms. The zero-order valence-electron chi connectivity index (χ0n) is 17.3. The second-order valence-corrected chi connectivity index (χ2v) is 9.22. The van der Waals surface area contributed by atoms with Crippen LogP contribution in [0.2, 0.25) is 0 Å². The van der Waals surface area contributed by atoms with Crippen LogP contribution in [0.1, 0.15) is 22.6 Å².